The molecule has 5 atom stereocenters. The van der Waals surface area contributed by atoms with Crippen LogP contribution in [0.4, 0.5) is 5.69 Å². The van der Waals surface area contributed by atoms with Gasteiger partial charge >= 0.3 is 27.7 Å². The number of fused-ring (bicyclic) bond motifs is 2. The lowest BCUT2D eigenvalue weighted by atomic mass is 9.88. The van der Waals surface area contributed by atoms with Crippen LogP contribution in [0.1, 0.15) is 70.8 Å². The summed E-state index contributed by atoms with van der Waals surface area (Å²) in [6, 6.07) is 11.9. The van der Waals surface area contributed by atoms with E-state index in [1.165, 1.54) is 40.8 Å². The molecule has 7 N–H and O–H groups in total. The van der Waals surface area contributed by atoms with Crippen LogP contribution in [0.5, 0.6) is 0 Å². The summed E-state index contributed by atoms with van der Waals surface area (Å²) in [6.45, 7) is 11.1. The number of hydrogen-bond acceptors (Lipinski definition) is 15. The third-order valence-corrected chi connectivity index (χ3v) is 14.8. The summed E-state index contributed by atoms with van der Waals surface area (Å²) in [5, 5.41) is 14.8. The van der Waals surface area contributed by atoms with Crippen molar-refractivity contribution in [2.45, 2.75) is 71.1 Å². The number of ether oxygens (including phenoxy) is 2. The van der Waals surface area contributed by atoms with E-state index < -0.39 is 69.0 Å². The highest BCUT2D eigenvalue weighted by atomic mass is 33.1. The Kier molecular flexibility index (Phi) is 14.9. The maximum atomic E-state index is 13.6. The number of phosphoric acid groups is 1. The van der Waals surface area contributed by atoms with Gasteiger partial charge in [0.2, 0.25) is 0 Å². The first-order valence-electron chi connectivity index (χ1n) is 19.3. The number of aromatic nitrogens is 2. The summed E-state index contributed by atoms with van der Waals surface area (Å²) in [5.74, 6) is -1.20. The van der Waals surface area contributed by atoms with E-state index in [1.807, 2.05) is 52.8 Å². The molecule has 336 valence electrons. The highest BCUT2D eigenvalue weighted by molar-refractivity contribution is 8.77. The summed E-state index contributed by atoms with van der Waals surface area (Å²) in [4.78, 5) is 76.5. The van der Waals surface area contributed by atoms with Crippen LogP contribution in [-0.4, -0.2) is 78.9 Å². The van der Waals surface area contributed by atoms with Gasteiger partial charge < -0.3 is 30.0 Å². The molecular weight excluding hydrogens is 901 g/mol. The fourth-order valence-electron chi connectivity index (χ4n) is 6.92. The third kappa shape index (κ3) is 11.4. The number of nitrogens with one attached hydrogen (secondary N) is 2. The Balaban J connectivity index is 1.15. The number of aromatic amines is 1. The molecule has 1 fully saturated rings. The molecule has 2 aliphatic heterocycles. The second-order valence-corrected chi connectivity index (χ2v) is 20.5. The van der Waals surface area contributed by atoms with Gasteiger partial charge in [-0.25, -0.2) is 14.2 Å². The highest BCUT2D eigenvalue weighted by Gasteiger charge is 2.42. The number of carbonyl (C=O) groups is 2. The number of aryl methyl sites for hydroxylation is 3. The average Bonchev–Trinajstić information content (AvgIpc) is 3.61. The second kappa shape index (κ2) is 19.6. The van der Waals surface area contributed by atoms with Gasteiger partial charge in [-0.1, -0.05) is 27.7 Å². The number of nitrogen functional groups attached to an aromatic ring is 1. The van der Waals surface area contributed by atoms with Crippen LogP contribution < -0.4 is 27.7 Å². The Morgan fingerprint density at radius 3 is 2.56 bits per heavy atom. The number of nitrogens with zero attached hydrogens (tertiary/aromatic N) is 2. The summed E-state index contributed by atoms with van der Waals surface area (Å²) in [6.07, 6.45) is -1.47. The third-order valence-electron chi connectivity index (χ3n) is 10.0. The molecule has 0 saturated carbocycles. The van der Waals surface area contributed by atoms with Gasteiger partial charge in [0, 0.05) is 80.5 Å². The molecule has 0 bridgehead atoms. The fourth-order valence-corrected chi connectivity index (χ4v) is 10.3. The number of benzene rings is 3. The number of carbonyl (C=O) groups excluding carboxylic acids is 1. The minimum atomic E-state index is -4.96. The van der Waals surface area contributed by atoms with E-state index >= 15 is 0 Å². The zero-order chi connectivity index (χ0) is 46.0. The largest absolute Gasteiger partial charge is 0.705 e. The van der Waals surface area contributed by atoms with Crippen molar-refractivity contribution >= 4 is 66.2 Å². The van der Waals surface area contributed by atoms with Crippen LogP contribution in [-0.2, 0) is 27.4 Å². The number of carboxylic acids is 1. The molecule has 23 heteroatoms. The Morgan fingerprint density at radius 1 is 1.11 bits per heavy atom. The molecule has 1 amide bonds. The van der Waals surface area contributed by atoms with E-state index in [0.29, 0.717) is 45.7 Å². The topological polar surface area (TPSA) is 284 Å². The first kappa shape index (κ1) is 47.8. The van der Waals surface area contributed by atoms with Crippen molar-refractivity contribution in [2.24, 2.45) is 4.99 Å². The normalized spacial score (nSPS) is 18.2. The molecule has 3 heterocycles. The Morgan fingerprint density at radius 2 is 1.86 bits per heavy atom. The van der Waals surface area contributed by atoms with Gasteiger partial charge in [-0.2, -0.15) is 0 Å². The first-order valence-corrected chi connectivity index (χ1v) is 24.3. The maximum absolute atomic E-state index is 13.6. The SMILES string of the molecule is CCN=c1cc2oc3cc(N)c(C)cc3c(-c3ccc(C(=O)NCC(C)(C)SSCO[C@@H]4C[C@H](n5cc(C)c(=O)[nH]c5=O)O[C@@H]4COP(=O)(O)O[P+](=O)O)cc3C(=O)O)c-2cc1C. The Hall–Kier alpha value is -4.66. The molecule has 0 radical (unpaired) electrons. The van der Waals surface area contributed by atoms with Crippen molar-refractivity contribution in [1.29, 1.82) is 0 Å². The number of carboxylic acid groups (broad SMARTS) is 1. The van der Waals surface area contributed by atoms with Gasteiger partial charge in [0.25, 0.3) is 11.5 Å². The van der Waals surface area contributed by atoms with Crippen molar-refractivity contribution < 1.29 is 56.3 Å². The van der Waals surface area contributed by atoms with E-state index in [4.69, 9.17) is 29.0 Å². The zero-order valence-electron chi connectivity index (χ0n) is 34.9. The molecule has 0 spiro atoms. The van der Waals surface area contributed by atoms with Crippen molar-refractivity contribution in [3.8, 4) is 22.5 Å². The van der Waals surface area contributed by atoms with Crippen LogP contribution in [0.25, 0.3) is 33.4 Å². The van der Waals surface area contributed by atoms with E-state index in [2.05, 4.69) is 19.6 Å². The highest BCUT2D eigenvalue weighted by Crippen LogP contribution is 2.51. The average molecular weight is 947 g/mol. The molecular formula is C40H46N5O14P2S2+. The number of anilines is 1. The van der Waals surface area contributed by atoms with E-state index in [9.17, 15) is 38.3 Å². The molecule has 2 unspecified atom stereocenters. The van der Waals surface area contributed by atoms with Crippen LogP contribution in [0, 0.1) is 20.8 Å². The number of H-pyrrole nitrogens is 1. The van der Waals surface area contributed by atoms with Gasteiger partial charge in [-0.05, 0) is 86.8 Å². The molecule has 3 aromatic rings. The second-order valence-electron chi connectivity index (χ2n) is 15.3. The molecule has 6 rings (SSSR count). The smallest absolute Gasteiger partial charge is 0.478 e. The van der Waals surface area contributed by atoms with Crippen LogP contribution >= 0.6 is 37.7 Å². The standard InChI is InChI=1S/C40H45N5O14P2S2/c1-7-42-29-14-31-27(11-21(29)3)35(26-10-20(2)28(41)13-30(26)57-31)24-9-8-23(12-25(24)38(48)49)37(47)43-18-40(5,6)63-62-19-55-32-15-34(45-16-22(4)36(46)44-39(45)50)58-33(32)17-56-61(53,54)59-60(51)52/h8-14,16,32-34H,7,15,17-19H2,1-6H3,(H6-,41,42,43,44,46,47,48,49,50,51,52,53,54)/p+1/t32-,33-,34-/m1/s1. The predicted octanol–water partition coefficient (Wildman–Crippen LogP) is 6.18. The fraction of sp³-hybridized carbons (Fsp3) is 0.375. The van der Waals surface area contributed by atoms with Crippen LogP contribution in [0.3, 0.4) is 0 Å². The van der Waals surface area contributed by atoms with Crippen molar-refractivity contribution in [1.82, 2.24) is 14.9 Å². The molecule has 19 nitrogen and oxygen atoms in total. The van der Waals surface area contributed by atoms with Gasteiger partial charge in [0.1, 0.15) is 29.6 Å². The Bertz CT molecular complexity index is 2810. The molecule has 2 aromatic carbocycles. The minimum Gasteiger partial charge on any atom is -0.478 e. The molecule has 1 aromatic heterocycles. The summed E-state index contributed by atoms with van der Waals surface area (Å²) in [7, 11) is -5.76. The summed E-state index contributed by atoms with van der Waals surface area (Å²) >= 11 is 0. The predicted molar refractivity (Wildman–Crippen MR) is 238 cm³/mol. The quantitative estimate of drug-likeness (QED) is 0.0151. The van der Waals surface area contributed by atoms with Crippen molar-refractivity contribution in [2.75, 3.05) is 31.4 Å². The van der Waals surface area contributed by atoms with Gasteiger partial charge in [0.15, 0.2) is 0 Å². The van der Waals surface area contributed by atoms with Crippen LogP contribution in [0.2, 0.25) is 0 Å². The van der Waals surface area contributed by atoms with E-state index in [0.717, 1.165) is 21.1 Å². The number of hydrogen-bond donors (Lipinski definition) is 6. The van der Waals surface area contributed by atoms with Gasteiger partial charge in [0.05, 0.1) is 23.6 Å². The van der Waals surface area contributed by atoms with E-state index in [-0.39, 0.29) is 35.6 Å². The summed E-state index contributed by atoms with van der Waals surface area (Å²) in [5.41, 5.74) is 9.51. The van der Waals surface area contributed by atoms with Crippen molar-refractivity contribution in [3.05, 3.63) is 103 Å². The zero-order valence-corrected chi connectivity index (χ0v) is 38.3. The molecule has 1 saturated heterocycles. The molecule has 63 heavy (non-hydrogen) atoms. The lowest BCUT2D eigenvalue weighted by molar-refractivity contribution is -0.0541. The molecule has 3 aliphatic rings. The van der Waals surface area contributed by atoms with Gasteiger partial charge in [-0.3, -0.25) is 33.5 Å². The van der Waals surface area contributed by atoms with Crippen molar-refractivity contribution in [3.63, 3.8) is 0 Å². The van der Waals surface area contributed by atoms with Gasteiger partial charge in [-0.15, -0.1) is 4.89 Å². The monoisotopic (exact) mass is 946 g/mol. The maximum Gasteiger partial charge on any atom is 0.705 e. The summed E-state index contributed by atoms with van der Waals surface area (Å²) < 4.78 is 50.8. The first-order chi connectivity index (χ1) is 29.7. The van der Waals surface area contributed by atoms with E-state index in [1.54, 1.807) is 18.2 Å². The number of rotatable bonds is 17. The number of aromatic carboxylic acids is 1. The number of amides is 1. The minimum absolute atomic E-state index is 0.0362. The Labute approximate surface area is 368 Å². The lowest BCUT2D eigenvalue weighted by Crippen LogP contribution is -2.36. The number of phosphoric ester groups is 1. The lowest BCUT2D eigenvalue weighted by Gasteiger charge is -2.24. The molecule has 1 aliphatic carbocycles. The van der Waals surface area contributed by atoms with Crippen LogP contribution in [0.15, 0.2) is 67.7 Å². The number of nitrogens with two attached hydrogens (primary N) is 1.